The second-order valence-corrected chi connectivity index (χ2v) is 9.33. The molecule has 1 N–H and O–H groups in total. The number of fused-ring (bicyclic) bond motifs is 1. The monoisotopic (exact) mass is 473 g/mol. The fourth-order valence-corrected chi connectivity index (χ4v) is 4.07. The van der Waals surface area contributed by atoms with Gasteiger partial charge in [0.25, 0.3) is 5.56 Å². The molecule has 0 atom stereocenters. The molecular formula is C27H31N5O3. The van der Waals surface area contributed by atoms with E-state index in [0.29, 0.717) is 29.3 Å². The Morgan fingerprint density at radius 1 is 1.00 bits per heavy atom. The lowest BCUT2D eigenvalue weighted by Gasteiger charge is -2.14. The van der Waals surface area contributed by atoms with Crippen molar-refractivity contribution in [2.24, 2.45) is 5.92 Å². The first-order valence-electron chi connectivity index (χ1n) is 11.8. The molecule has 4 rings (SSSR count). The zero-order valence-electron chi connectivity index (χ0n) is 20.6. The number of imidazole rings is 1. The van der Waals surface area contributed by atoms with Gasteiger partial charge in [-0.25, -0.2) is 14.3 Å². The number of aryl methyl sites for hydroxylation is 2. The number of nitrogens with zero attached hydrogens (tertiary/aromatic N) is 4. The third-order valence-electron chi connectivity index (χ3n) is 6.29. The first-order valence-corrected chi connectivity index (χ1v) is 11.8. The Morgan fingerprint density at radius 3 is 2.46 bits per heavy atom. The lowest BCUT2D eigenvalue weighted by Crippen LogP contribution is -2.43. The highest BCUT2D eigenvalue weighted by Gasteiger charge is 2.20. The van der Waals surface area contributed by atoms with Crippen LogP contribution in [-0.2, 0) is 24.4 Å². The fraction of sp³-hybridized carbons (Fsp3) is 0.333. The minimum absolute atomic E-state index is 0.246. The number of nitrogens with one attached hydrogen (secondary N) is 1. The summed E-state index contributed by atoms with van der Waals surface area (Å²) < 4.78 is 4.28. The summed E-state index contributed by atoms with van der Waals surface area (Å²) in [6.07, 6.45) is 2.46. The van der Waals surface area contributed by atoms with Gasteiger partial charge in [0.05, 0.1) is 12.9 Å². The van der Waals surface area contributed by atoms with E-state index < -0.39 is 17.2 Å². The van der Waals surface area contributed by atoms with E-state index in [4.69, 9.17) is 0 Å². The van der Waals surface area contributed by atoms with Gasteiger partial charge in [-0.15, -0.1) is 0 Å². The fourth-order valence-electron chi connectivity index (χ4n) is 4.07. The molecule has 1 amide bonds. The summed E-state index contributed by atoms with van der Waals surface area (Å²) in [5.74, 6) is 0.00463. The van der Waals surface area contributed by atoms with Crippen molar-refractivity contribution in [3.05, 3.63) is 92.4 Å². The molecule has 0 unspecified atom stereocenters. The van der Waals surface area contributed by atoms with Gasteiger partial charge in [-0.3, -0.25) is 14.2 Å². The van der Waals surface area contributed by atoms with Crippen molar-refractivity contribution in [1.29, 1.82) is 0 Å². The number of carbonyl (C=O) groups is 1. The van der Waals surface area contributed by atoms with Crippen LogP contribution >= 0.6 is 0 Å². The highest BCUT2D eigenvalue weighted by atomic mass is 16.2. The van der Waals surface area contributed by atoms with Crippen LogP contribution in [-0.4, -0.2) is 24.6 Å². The largest absolute Gasteiger partial charge is 0.333 e. The Hall–Kier alpha value is -3.94. The molecule has 182 valence electrons. The first kappa shape index (κ1) is 24.2. The Kier molecular flexibility index (Phi) is 7.00. The van der Waals surface area contributed by atoms with Gasteiger partial charge in [0.1, 0.15) is 6.54 Å². The van der Waals surface area contributed by atoms with E-state index >= 15 is 0 Å². The molecule has 0 saturated heterocycles. The highest BCUT2D eigenvalue weighted by Crippen LogP contribution is 2.18. The van der Waals surface area contributed by atoms with Crippen LogP contribution in [0.5, 0.6) is 0 Å². The van der Waals surface area contributed by atoms with Crippen molar-refractivity contribution in [3.63, 3.8) is 0 Å². The summed E-state index contributed by atoms with van der Waals surface area (Å²) >= 11 is 0. The van der Waals surface area contributed by atoms with Crippen molar-refractivity contribution < 1.29 is 4.79 Å². The normalized spacial score (nSPS) is 11.3. The molecule has 0 fully saturated rings. The number of aromatic nitrogens is 4. The van der Waals surface area contributed by atoms with Crippen molar-refractivity contribution in [1.82, 2.24) is 18.7 Å². The summed E-state index contributed by atoms with van der Waals surface area (Å²) in [7, 11) is 0. The van der Waals surface area contributed by atoms with E-state index in [1.807, 2.05) is 56.3 Å². The minimum atomic E-state index is -0.559. The van der Waals surface area contributed by atoms with E-state index in [1.165, 1.54) is 4.57 Å². The zero-order valence-corrected chi connectivity index (χ0v) is 20.6. The van der Waals surface area contributed by atoms with E-state index in [2.05, 4.69) is 24.1 Å². The summed E-state index contributed by atoms with van der Waals surface area (Å²) in [5, 5.41) is 2.85. The van der Waals surface area contributed by atoms with E-state index in [9.17, 15) is 14.4 Å². The van der Waals surface area contributed by atoms with Gasteiger partial charge in [-0.2, -0.15) is 0 Å². The Morgan fingerprint density at radius 2 is 1.74 bits per heavy atom. The molecule has 35 heavy (non-hydrogen) atoms. The molecule has 0 aliphatic carbocycles. The van der Waals surface area contributed by atoms with Crippen molar-refractivity contribution >= 4 is 22.8 Å². The topological polar surface area (TPSA) is 90.9 Å². The summed E-state index contributed by atoms with van der Waals surface area (Å²) in [6.45, 7) is 8.57. The highest BCUT2D eigenvalue weighted by molar-refractivity contribution is 5.91. The number of benzene rings is 2. The lowest BCUT2D eigenvalue weighted by molar-refractivity contribution is -0.116. The number of amides is 1. The first-order chi connectivity index (χ1) is 16.8. The van der Waals surface area contributed by atoms with Crippen LogP contribution in [0.3, 0.4) is 0 Å². The number of hydrogen-bond acceptors (Lipinski definition) is 4. The van der Waals surface area contributed by atoms with Crippen LogP contribution in [0.2, 0.25) is 0 Å². The van der Waals surface area contributed by atoms with Crippen molar-refractivity contribution in [2.75, 3.05) is 5.32 Å². The van der Waals surface area contributed by atoms with Crippen LogP contribution in [0, 0.1) is 19.8 Å². The maximum Gasteiger partial charge on any atom is 0.333 e. The SMILES string of the molecule is Cc1cccc(NC(=O)Cn2c(=O)c3c(ncn3CCC(C)C)n(Cc3ccccc3)c2=O)c1C. The molecule has 0 aliphatic rings. The molecule has 0 saturated carbocycles. The zero-order chi connectivity index (χ0) is 25.1. The van der Waals surface area contributed by atoms with Gasteiger partial charge in [0.15, 0.2) is 11.2 Å². The molecule has 8 heteroatoms. The Bertz CT molecular complexity index is 1480. The van der Waals surface area contributed by atoms with Crippen molar-refractivity contribution in [2.45, 2.75) is 53.8 Å². The molecule has 8 nitrogen and oxygen atoms in total. The average molecular weight is 474 g/mol. The number of anilines is 1. The van der Waals surface area contributed by atoms with Crippen LogP contribution in [0.4, 0.5) is 5.69 Å². The second kappa shape index (κ2) is 10.1. The smallest absolute Gasteiger partial charge is 0.325 e. The summed E-state index contributed by atoms with van der Waals surface area (Å²) in [6, 6.07) is 15.1. The average Bonchev–Trinajstić information content (AvgIpc) is 3.26. The Balaban J connectivity index is 1.78. The van der Waals surface area contributed by atoms with Gasteiger partial charge in [-0.05, 0) is 48.9 Å². The number of rotatable bonds is 8. The van der Waals surface area contributed by atoms with Crippen LogP contribution < -0.4 is 16.6 Å². The molecule has 4 aromatic rings. The lowest BCUT2D eigenvalue weighted by atomic mass is 10.1. The second-order valence-electron chi connectivity index (χ2n) is 9.33. The molecule has 0 radical (unpaired) electrons. The molecule has 0 bridgehead atoms. The predicted octanol–water partition coefficient (Wildman–Crippen LogP) is 3.71. The molecule has 2 aromatic heterocycles. The van der Waals surface area contributed by atoms with E-state index in [0.717, 1.165) is 27.7 Å². The molecule has 2 aromatic carbocycles. The van der Waals surface area contributed by atoms with Gasteiger partial charge >= 0.3 is 5.69 Å². The molecule has 0 aliphatic heterocycles. The van der Waals surface area contributed by atoms with Gasteiger partial charge in [0, 0.05) is 12.2 Å². The van der Waals surface area contributed by atoms with Gasteiger partial charge < -0.3 is 9.88 Å². The maximum absolute atomic E-state index is 13.5. The summed E-state index contributed by atoms with van der Waals surface area (Å²) in [5.41, 5.74) is 3.15. The van der Waals surface area contributed by atoms with E-state index in [-0.39, 0.29) is 13.1 Å². The third-order valence-corrected chi connectivity index (χ3v) is 6.29. The van der Waals surface area contributed by atoms with Gasteiger partial charge in [0.2, 0.25) is 5.91 Å². The number of hydrogen-bond donors (Lipinski definition) is 1. The summed E-state index contributed by atoms with van der Waals surface area (Å²) in [4.78, 5) is 44.4. The van der Waals surface area contributed by atoms with Crippen LogP contribution in [0.1, 0.15) is 37.0 Å². The minimum Gasteiger partial charge on any atom is -0.325 e. The molecule has 0 spiro atoms. The maximum atomic E-state index is 13.5. The molecular weight excluding hydrogens is 442 g/mol. The van der Waals surface area contributed by atoms with Crippen LogP contribution in [0.15, 0.2) is 64.4 Å². The molecule has 2 heterocycles. The van der Waals surface area contributed by atoms with Gasteiger partial charge in [-0.1, -0.05) is 56.3 Å². The van der Waals surface area contributed by atoms with Crippen molar-refractivity contribution in [3.8, 4) is 0 Å². The number of carbonyl (C=O) groups excluding carboxylic acids is 1. The Labute approximate surface area is 203 Å². The van der Waals surface area contributed by atoms with E-state index in [1.54, 1.807) is 17.0 Å². The standard InChI is InChI=1S/C27H31N5O3/c1-18(2)13-14-30-17-28-25-24(30)26(34)32(27(35)31(25)15-21-10-6-5-7-11-21)16-23(33)29-22-12-8-9-19(3)20(22)4/h5-12,17-18H,13-16H2,1-4H3,(H,29,33). The van der Waals surface area contributed by atoms with Crippen LogP contribution in [0.25, 0.3) is 11.2 Å². The third kappa shape index (κ3) is 5.11. The quantitative estimate of drug-likeness (QED) is 0.422. The predicted molar refractivity (Wildman–Crippen MR) is 138 cm³/mol.